The molecule has 3 aromatic heterocycles. The smallest absolute Gasteiger partial charge is 0.326 e. The average Bonchev–Trinajstić information content (AvgIpc) is 3.69. The van der Waals surface area contributed by atoms with Crippen LogP contribution in [0.15, 0.2) is 36.9 Å². The Morgan fingerprint density at radius 1 is 1.12 bits per heavy atom. The molecule has 1 aromatic carbocycles. The van der Waals surface area contributed by atoms with Gasteiger partial charge in [0.15, 0.2) is 5.75 Å². The summed E-state index contributed by atoms with van der Waals surface area (Å²) < 4.78 is 5.95. The van der Waals surface area contributed by atoms with Crippen molar-refractivity contribution < 1.29 is 4.74 Å². The van der Waals surface area contributed by atoms with Crippen LogP contribution in [0, 0.1) is 17.8 Å². The Balaban J connectivity index is 1.26. The maximum absolute atomic E-state index is 5.95. The first-order chi connectivity index (χ1) is 16.3. The fourth-order valence-electron chi connectivity index (χ4n) is 5.33. The van der Waals surface area contributed by atoms with Crippen LogP contribution < -0.4 is 20.3 Å². The van der Waals surface area contributed by atoms with Crippen molar-refractivity contribution in [3.63, 3.8) is 0 Å². The average molecular weight is 443 g/mol. The number of aromatic nitrogens is 5. The standard InChI is InChI=1S/C24H26N8O/c1-25-18-4-2-3-15-19-22(29-21(15)18)30-24(33-14-8-26-12-27-9-14)31-23(19)32-10-16-17(11-32)20(16)28-7-13-5-6-13/h2-4,8-9,12-13,16-17,20,25,28H,5-7,10-11H2,1H3,(H,29,30,31). The van der Waals surface area contributed by atoms with Gasteiger partial charge in [-0.15, -0.1) is 0 Å². The number of nitrogens with one attached hydrogen (secondary N) is 3. The van der Waals surface area contributed by atoms with Gasteiger partial charge in [-0.05, 0) is 43.2 Å². The second-order valence-corrected chi connectivity index (χ2v) is 9.44. The number of aromatic amines is 1. The molecule has 1 saturated heterocycles. The van der Waals surface area contributed by atoms with Crippen LogP contribution in [0.25, 0.3) is 21.9 Å². The third-order valence-corrected chi connectivity index (χ3v) is 7.29. The SMILES string of the molecule is CNc1cccc2c1[nH]c1nc(Oc3cncnc3)nc(N3CC4C(C3)C4NCC3CC3)c12. The van der Waals surface area contributed by atoms with E-state index >= 15 is 0 Å². The number of para-hydroxylation sites is 1. The van der Waals surface area contributed by atoms with E-state index in [-0.39, 0.29) is 0 Å². The number of piperidine rings is 1. The lowest BCUT2D eigenvalue weighted by Crippen LogP contribution is -2.32. The van der Waals surface area contributed by atoms with Crippen molar-refractivity contribution in [2.75, 3.05) is 36.9 Å². The molecule has 2 aliphatic carbocycles. The molecule has 3 N–H and O–H groups in total. The maximum atomic E-state index is 5.95. The molecule has 168 valence electrons. The molecule has 1 aliphatic heterocycles. The van der Waals surface area contributed by atoms with Gasteiger partial charge >= 0.3 is 6.01 Å². The molecule has 9 heteroatoms. The van der Waals surface area contributed by atoms with E-state index in [1.165, 1.54) is 25.7 Å². The number of nitrogens with zero attached hydrogens (tertiary/aromatic N) is 5. The van der Waals surface area contributed by atoms with Crippen molar-refractivity contribution in [3.8, 4) is 11.8 Å². The summed E-state index contributed by atoms with van der Waals surface area (Å²) in [6.45, 7) is 3.19. The second-order valence-electron chi connectivity index (χ2n) is 9.44. The van der Waals surface area contributed by atoms with Gasteiger partial charge in [0.1, 0.15) is 17.8 Å². The molecule has 4 aromatic rings. The zero-order valence-electron chi connectivity index (χ0n) is 18.5. The highest BCUT2D eigenvalue weighted by molar-refractivity contribution is 6.14. The van der Waals surface area contributed by atoms with Crippen LogP contribution in [0.4, 0.5) is 11.5 Å². The lowest BCUT2D eigenvalue weighted by molar-refractivity contribution is 0.439. The van der Waals surface area contributed by atoms with Gasteiger partial charge in [-0.1, -0.05) is 12.1 Å². The van der Waals surface area contributed by atoms with Crippen molar-refractivity contribution in [2.24, 2.45) is 17.8 Å². The maximum Gasteiger partial charge on any atom is 0.326 e. The van der Waals surface area contributed by atoms with Gasteiger partial charge in [-0.3, -0.25) is 0 Å². The zero-order chi connectivity index (χ0) is 21.9. The Morgan fingerprint density at radius 2 is 1.94 bits per heavy atom. The largest absolute Gasteiger partial charge is 0.421 e. The second kappa shape index (κ2) is 7.28. The molecule has 4 heterocycles. The van der Waals surface area contributed by atoms with E-state index in [1.54, 1.807) is 12.4 Å². The third kappa shape index (κ3) is 3.26. The van der Waals surface area contributed by atoms with Crippen LogP contribution in [0.3, 0.4) is 0 Å². The van der Waals surface area contributed by atoms with Crippen molar-refractivity contribution in [3.05, 3.63) is 36.9 Å². The number of anilines is 2. The molecule has 0 radical (unpaired) electrons. The molecule has 0 spiro atoms. The number of H-pyrrole nitrogens is 1. The first kappa shape index (κ1) is 19.0. The molecule has 3 aliphatic rings. The summed E-state index contributed by atoms with van der Waals surface area (Å²) in [5.74, 6) is 3.75. The van der Waals surface area contributed by atoms with Gasteiger partial charge in [0.2, 0.25) is 0 Å². The Labute approximate surface area is 191 Å². The van der Waals surface area contributed by atoms with Crippen LogP contribution in [-0.2, 0) is 0 Å². The van der Waals surface area contributed by atoms with Gasteiger partial charge < -0.3 is 25.3 Å². The summed E-state index contributed by atoms with van der Waals surface area (Å²) in [6, 6.07) is 7.22. The summed E-state index contributed by atoms with van der Waals surface area (Å²) >= 11 is 0. The fourth-order valence-corrected chi connectivity index (χ4v) is 5.33. The van der Waals surface area contributed by atoms with Crippen molar-refractivity contribution >= 4 is 33.4 Å². The van der Waals surface area contributed by atoms with Gasteiger partial charge in [0.05, 0.1) is 29.0 Å². The number of ether oxygens (including phenoxy) is 1. The summed E-state index contributed by atoms with van der Waals surface area (Å²) in [7, 11) is 1.93. The third-order valence-electron chi connectivity index (χ3n) is 7.29. The number of hydrogen-bond acceptors (Lipinski definition) is 8. The minimum absolute atomic E-state index is 0.300. The molecule has 0 amide bonds. The highest BCUT2D eigenvalue weighted by atomic mass is 16.5. The summed E-state index contributed by atoms with van der Waals surface area (Å²) in [6.07, 6.45) is 7.50. The number of benzene rings is 1. The highest BCUT2D eigenvalue weighted by Crippen LogP contribution is 2.48. The van der Waals surface area contributed by atoms with E-state index in [4.69, 9.17) is 14.7 Å². The number of rotatable bonds is 7. The Bertz CT molecular complexity index is 1320. The minimum atomic E-state index is 0.300. The molecule has 2 atom stereocenters. The van der Waals surface area contributed by atoms with E-state index in [1.807, 2.05) is 7.05 Å². The molecule has 2 unspecified atom stereocenters. The first-order valence-corrected chi connectivity index (χ1v) is 11.7. The molecular weight excluding hydrogens is 416 g/mol. The minimum Gasteiger partial charge on any atom is -0.421 e. The van der Waals surface area contributed by atoms with E-state index in [2.05, 4.69) is 48.7 Å². The highest BCUT2D eigenvalue weighted by Gasteiger charge is 2.56. The normalized spacial score (nSPS) is 23.8. The summed E-state index contributed by atoms with van der Waals surface area (Å²) in [4.78, 5) is 23.6. The summed E-state index contributed by atoms with van der Waals surface area (Å²) in [5.41, 5.74) is 2.83. The Hall–Kier alpha value is -3.46. The summed E-state index contributed by atoms with van der Waals surface area (Å²) in [5, 5.41) is 9.23. The van der Waals surface area contributed by atoms with Crippen LogP contribution in [-0.4, -0.2) is 57.6 Å². The van der Waals surface area contributed by atoms with Crippen LogP contribution in [0.5, 0.6) is 11.8 Å². The first-order valence-electron chi connectivity index (χ1n) is 11.7. The fraction of sp³-hybridized carbons (Fsp3) is 0.417. The van der Waals surface area contributed by atoms with Crippen LogP contribution in [0.2, 0.25) is 0 Å². The van der Waals surface area contributed by atoms with Gasteiger partial charge in [0.25, 0.3) is 0 Å². The van der Waals surface area contributed by atoms with Gasteiger partial charge in [-0.25, -0.2) is 9.97 Å². The van der Waals surface area contributed by atoms with Gasteiger partial charge in [-0.2, -0.15) is 9.97 Å². The zero-order valence-corrected chi connectivity index (χ0v) is 18.5. The lowest BCUT2D eigenvalue weighted by Gasteiger charge is -2.22. The molecular formula is C24H26N8O. The quantitative estimate of drug-likeness (QED) is 0.401. The van der Waals surface area contributed by atoms with E-state index in [0.717, 1.165) is 52.4 Å². The number of fused-ring (bicyclic) bond motifs is 4. The predicted molar refractivity (Wildman–Crippen MR) is 127 cm³/mol. The van der Waals surface area contributed by atoms with Crippen molar-refractivity contribution in [2.45, 2.75) is 18.9 Å². The monoisotopic (exact) mass is 442 g/mol. The van der Waals surface area contributed by atoms with Crippen LogP contribution >= 0.6 is 0 Å². The molecule has 0 bridgehead atoms. The molecule has 9 nitrogen and oxygen atoms in total. The number of hydrogen-bond donors (Lipinski definition) is 3. The van der Waals surface area contributed by atoms with Crippen molar-refractivity contribution in [1.29, 1.82) is 0 Å². The molecule has 33 heavy (non-hydrogen) atoms. The predicted octanol–water partition coefficient (Wildman–Crippen LogP) is 3.17. The van der Waals surface area contributed by atoms with Crippen LogP contribution in [0.1, 0.15) is 12.8 Å². The molecule has 3 fully saturated rings. The van der Waals surface area contributed by atoms with E-state index in [0.29, 0.717) is 29.6 Å². The van der Waals surface area contributed by atoms with E-state index < -0.39 is 0 Å². The van der Waals surface area contributed by atoms with E-state index in [9.17, 15) is 0 Å². The van der Waals surface area contributed by atoms with Gasteiger partial charge in [0, 0.05) is 31.6 Å². The molecule has 2 saturated carbocycles. The Morgan fingerprint density at radius 3 is 2.70 bits per heavy atom. The van der Waals surface area contributed by atoms with Crippen molar-refractivity contribution in [1.82, 2.24) is 30.2 Å². The topological polar surface area (TPSA) is 104 Å². The molecule has 7 rings (SSSR count). The lowest BCUT2D eigenvalue weighted by atomic mass is 10.1. The Kier molecular flexibility index (Phi) is 4.20.